The minimum absolute atomic E-state index is 0.0337. The number of likely N-dealkylation sites (tertiary alicyclic amines) is 1. The van der Waals surface area contributed by atoms with Crippen molar-refractivity contribution >= 4 is 11.6 Å². The fourth-order valence-electron chi connectivity index (χ4n) is 4.25. The molecule has 0 spiro atoms. The van der Waals surface area contributed by atoms with Crippen molar-refractivity contribution in [3.05, 3.63) is 60.2 Å². The molecular formula is C22H23F3N2O2. The molecular weight excluding hydrogens is 381 g/mol. The van der Waals surface area contributed by atoms with Crippen molar-refractivity contribution in [3.63, 3.8) is 0 Å². The van der Waals surface area contributed by atoms with E-state index >= 15 is 0 Å². The highest BCUT2D eigenvalue weighted by Crippen LogP contribution is 2.35. The standard InChI is InChI=1S/C22H23F3N2O2/c23-22(24,25)15-29-19-8-6-18(7-9-19)27-11-10-17-13-26(14-20(17)21(27)28)12-16-4-2-1-3-5-16/h1-9,17,20H,10-15H2/t17-,20+/m1/s1. The van der Waals surface area contributed by atoms with Gasteiger partial charge in [-0.15, -0.1) is 0 Å². The van der Waals surface area contributed by atoms with E-state index in [1.54, 1.807) is 17.0 Å². The largest absolute Gasteiger partial charge is 0.484 e. The van der Waals surface area contributed by atoms with E-state index in [9.17, 15) is 18.0 Å². The summed E-state index contributed by atoms with van der Waals surface area (Å²) in [7, 11) is 0. The van der Waals surface area contributed by atoms with E-state index in [-0.39, 0.29) is 17.6 Å². The third-order valence-corrected chi connectivity index (χ3v) is 5.62. The van der Waals surface area contributed by atoms with E-state index in [1.807, 2.05) is 18.2 Å². The molecule has 2 fully saturated rings. The van der Waals surface area contributed by atoms with Gasteiger partial charge < -0.3 is 9.64 Å². The molecule has 4 nitrogen and oxygen atoms in total. The average Bonchev–Trinajstić information content (AvgIpc) is 3.11. The fraction of sp³-hybridized carbons (Fsp3) is 0.409. The predicted octanol–water partition coefficient (Wildman–Crippen LogP) is 4.11. The van der Waals surface area contributed by atoms with Gasteiger partial charge in [0.25, 0.3) is 0 Å². The van der Waals surface area contributed by atoms with Crippen LogP contribution in [0.3, 0.4) is 0 Å². The highest BCUT2D eigenvalue weighted by Gasteiger charge is 2.43. The van der Waals surface area contributed by atoms with Gasteiger partial charge in [0.05, 0.1) is 5.92 Å². The van der Waals surface area contributed by atoms with Gasteiger partial charge in [-0.25, -0.2) is 0 Å². The molecule has 2 aliphatic heterocycles. The van der Waals surface area contributed by atoms with Gasteiger partial charge in [-0.2, -0.15) is 13.2 Å². The number of carbonyl (C=O) groups is 1. The second-order valence-electron chi connectivity index (χ2n) is 7.72. The van der Waals surface area contributed by atoms with E-state index in [0.29, 0.717) is 18.2 Å². The Morgan fingerprint density at radius 1 is 1.00 bits per heavy atom. The molecule has 154 valence electrons. The van der Waals surface area contributed by atoms with Crippen LogP contribution in [0.4, 0.5) is 18.9 Å². The molecule has 29 heavy (non-hydrogen) atoms. The topological polar surface area (TPSA) is 32.8 Å². The lowest BCUT2D eigenvalue weighted by molar-refractivity contribution is -0.153. The number of piperidine rings is 1. The maximum atomic E-state index is 13.1. The van der Waals surface area contributed by atoms with Crippen LogP contribution >= 0.6 is 0 Å². The second kappa shape index (κ2) is 8.06. The molecule has 0 aliphatic carbocycles. The number of alkyl halides is 3. The number of anilines is 1. The second-order valence-corrected chi connectivity index (χ2v) is 7.72. The molecule has 0 bridgehead atoms. The van der Waals surface area contributed by atoms with Crippen LogP contribution in [0, 0.1) is 11.8 Å². The van der Waals surface area contributed by atoms with E-state index in [4.69, 9.17) is 4.74 Å². The van der Waals surface area contributed by atoms with Crippen molar-refractivity contribution in [2.45, 2.75) is 19.1 Å². The van der Waals surface area contributed by atoms with Gasteiger partial charge in [0.1, 0.15) is 5.75 Å². The van der Waals surface area contributed by atoms with Crippen molar-refractivity contribution < 1.29 is 22.7 Å². The number of hydrogen-bond acceptors (Lipinski definition) is 3. The summed E-state index contributed by atoms with van der Waals surface area (Å²) in [5.41, 5.74) is 1.94. The summed E-state index contributed by atoms with van der Waals surface area (Å²) in [5, 5.41) is 0. The summed E-state index contributed by atoms with van der Waals surface area (Å²) in [6, 6.07) is 16.5. The Kier molecular flexibility index (Phi) is 5.50. The number of rotatable bonds is 5. The first-order chi connectivity index (χ1) is 13.9. The minimum Gasteiger partial charge on any atom is -0.484 e. The molecule has 2 atom stereocenters. The number of halogens is 3. The van der Waals surface area contributed by atoms with E-state index in [0.717, 1.165) is 26.1 Å². The quantitative estimate of drug-likeness (QED) is 0.752. The van der Waals surface area contributed by atoms with Crippen molar-refractivity contribution in [3.8, 4) is 5.75 Å². The molecule has 2 aromatic carbocycles. The zero-order valence-corrected chi connectivity index (χ0v) is 15.9. The first kappa shape index (κ1) is 19.8. The molecule has 2 aliphatic rings. The molecule has 1 amide bonds. The normalized spacial score (nSPS) is 22.6. The van der Waals surface area contributed by atoms with Gasteiger partial charge in [-0.1, -0.05) is 30.3 Å². The summed E-state index contributed by atoms with van der Waals surface area (Å²) in [6.07, 6.45) is -3.45. The zero-order chi connectivity index (χ0) is 20.4. The summed E-state index contributed by atoms with van der Waals surface area (Å²) >= 11 is 0. The summed E-state index contributed by atoms with van der Waals surface area (Å²) in [4.78, 5) is 17.2. The number of ether oxygens (including phenoxy) is 1. The molecule has 0 unspecified atom stereocenters. The first-order valence-corrected chi connectivity index (χ1v) is 9.76. The Bertz CT molecular complexity index is 839. The molecule has 0 saturated carbocycles. The van der Waals surface area contributed by atoms with Crippen LogP contribution in [0.2, 0.25) is 0 Å². The van der Waals surface area contributed by atoms with Crippen LogP contribution in [0.15, 0.2) is 54.6 Å². The number of hydrogen-bond donors (Lipinski definition) is 0. The van der Waals surface area contributed by atoms with E-state index < -0.39 is 12.8 Å². The number of carbonyl (C=O) groups excluding carboxylic acids is 1. The minimum atomic E-state index is -4.37. The monoisotopic (exact) mass is 404 g/mol. The maximum absolute atomic E-state index is 13.1. The van der Waals surface area contributed by atoms with Crippen molar-refractivity contribution in [1.29, 1.82) is 0 Å². The predicted molar refractivity (Wildman–Crippen MR) is 104 cm³/mol. The third kappa shape index (κ3) is 4.72. The van der Waals surface area contributed by atoms with Crippen LogP contribution in [-0.4, -0.2) is 43.2 Å². The average molecular weight is 404 g/mol. The zero-order valence-electron chi connectivity index (χ0n) is 15.9. The fourth-order valence-corrected chi connectivity index (χ4v) is 4.25. The molecule has 2 heterocycles. The number of nitrogens with zero attached hydrogens (tertiary/aromatic N) is 2. The van der Waals surface area contributed by atoms with Crippen LogP contribution in [-0.2, 0) is 11.3 Å². The molecule has 2 aromatic rings. The lowest BCUT2D eigenvalue weighted by Gasteiger charge is -2.34. The molecule has 7 heteroatoms. The van der Waals surface area contributed by atoms with E-state index in [1.165, 1.54) is 17.7 Å². The van der Waals surface area contributed by atoms with Gasteiger partial charge in [-0.05, 0) is 42.2 Å². The molecule has 2 saturated heterocycles. The Hall–Kier alpha value is -2.54. The Labute approximate surface area is 167 Å². The molecule has 0 radical (unpaired) electrons. The summed E-state index contributed by atoms with van der Waals surface area (Å²) < 4.78 is 41.6. The Balaban J connectivity index is 1.38. The molecule has 0 N–H and O–H groups in total. The SMILES string of the molecule is O=C1[C@H]2CN(Cc3ccccc3)C[C@H]2CCN1c1ccc(OCC(F)(F)F)cc1. The maximum Gasteiger partial charge on any atom is 0.422 e. The molecule has 4 rings (SSSR count). The number of benzene rings is 2. The number of amides is 1. The lowest BCUT2D eigenvalue weighted by atomic mass is 9.87. The van der Waals surface area contributed by atoms with Crippen molar-refractivity contribution in [2.24, 2.45) is 11.8 Å². The molecule has 0 aromatic heterocycles. The van der Waals surface area contributed by atoms with E-state index in [2.05, 4.69) is 17.0 Å². The van der Waals surface area contributed by atoms with Gasteiger partial charge in [0.15, 0.2) is 6.61 Å². The van der Waals surface area contributed by atoms with Crippen molar-refractivity contribution in [2.75, 3.05) is 31.1 Å². The van der Waals surface area contributed by atoms with Crippen LogP contribution in [0.5, 0.6) is 5.75 Å². The number of fused-ring (bicyclic) bond motifs is 1. The van der Waals surface area contributed by atoms with Crippen LogP contribution < -0.4 is 9.64 Å². The third-order valence-electron chi connectivity index (χ3n) is 5.62. The summed E-state index contributed by atoms with van der Waals surface area (Å²) in [6.45, 7) is 1.80. The van der Waals surface area contributed by atoms with Gasteiger partial charge >= 0.3 is 6.18 Å². The highest BCUT2D eigenvalue weighted by molar-refractivity contribution is 5.96. The highest BCUT2D eigenvalue weighted by atomic mass is 19.4. The van der Waals surface area contributed by atoms with Gasteiger partial charge in [0, 0.05) is 31.9 Å². The lowest BCUT2D eigenvalue weighted by Crippen LogP contribution is -2.45. The van der Waals surface area contributed by atoms with Crippen LogP contribution in [0.1, 0.15) is 12.0 Å². The van der Waals surface area contributed by atoms with Crippen molar-refractivity contribution in [1.82, 2.24) is 4.90 Å². The Morgan fingerprint density at radius 2 is 1.72 bits per heavy atom. The smallest absolute Gasteiger partial charge is 0.422 e. The first-order valence-electron chi connectivity index (χ1n) is 9.76. The Morgan fingerprint density at radius 3 is 2.41 bits per heavy atom. The van der Waals surface area contributed by atoms with Crippen LogP contribution in [0.25, 0.3) is 0 Å². The summed E-state index contributed by atoms with van der Waals surface area (Å²) in [5.74, 6) is 0.564. The van der Waals surface area contributed by atoms with Gasteiger partial charge in [0.2, 0.25) is 5.91 Å². The van der Waals surface area contributed by atoms with Gasteiger partial charge in [-0.3, -0.25) is 9.69 Å².